The van der Waals surface area contributed by atoms with Crippen molar-refractivity contribution in [3.05, 3.63) is 53.9 Å². The van der Waals surface area contributed by atoms with E-state index in [1.54, 1.807) is 25.4 Å². The number of ether oxygens (including phenoxy) is 2. The van der Waals surface area contributed by atoms with Crippen LogP contribution in [0.5, 0.6) is 11.5 Å². The topological polar surface area (TPSA) is 60.5 Å². The maximum atomic E-state index is 11.8. The molecule has 2 aromatic rings. The lowest BCUT2D eigenvalue weighted by Gasteiger charge is -2.26. The Morgan fingerprint density at radius 2 is 2.09 bits per heavy atom. The van der Waals surface area contributed by atoms with Crippen molar-refractivity contribution in [3.63, 3.8) is 0 Å². The zero-order chi connectivity index (χ0) is 15.4. The minimum absolute atomic E-state index is 0.0329. The van der Waals surface area contributed by atoms with Gasteiger partial charge in [-0.25, -0.2) is 0 Å². The van der Waals surface area contributed by atoms with Crippen molar-refractivity contribution in [2.75, 3.05) is 13.7 Å². The van der Waals surface area contributed by atoms with Gasteiger partial charge in [0.05, 0.1) is 11.3 Å². The van der Waals surface area contributed by atoms with Crippen LogP contribution in [-0.2, 0) is 6.42 Å². The minimum atomic E-state index is -0.116. The molecule has 3 rings (SSSR count). The molecule has 114 valence electrons. The minimum Gasteiger partial charge on any atom is -0.486 e. The van der Waals surface area contributed by atoms with Gasteiger partial charge < -0.3 is 14.8 Å². The molecule has 0 fully saturated rings. The van der Waals surface area contributed by atoms with E-state index >= 15 is 0 Å². The second kappa shape index (κ2) is 6.47. The molecule has 1 N–H and O–H groups in total. The number of carbonyl (C=O) groups excluding carboxylic acids is 1. The van der Waals surface area contributed by atoms with Crippen molar-refractivity contribution in [1.82, 2.24) is 10.3 Å². The highest BCUT2D eigenvalue weighted by atomic mass is 16.6. The van der Waals surface area contributed by atoms with Crippen molar-refractivity contribution >= 4 is 5.91 Å². The Morgan fingerprint density at radius 3 is 2.91 bits per heavy atom. The molecule has 0 spiro atoms. The summed E-state index contributed by atoms with van der Waals surface area (Å²) in [6.45, 7) is 0.513. The molecule has 0 saturated heterocycles. The van der Waals surface area contributed by atoms with Gasteiger partial charge in [0.2, 0.25) is 0 Å². The maximum Gasteiger partial charge on any atom is 0.252 e. The number of benzene rings is 1. The van der Waals surface area contributed by atoms with Crippen LogP contribution in [0.1, 0.15) is 22.5 Å². The Morgan fingerprint density at radius 1 is 1.27 bits per heavy atom. The van der Waals surface area contributed by atoms with Gasteiger partial charge in [-0.05, 0) is 37.1 Å². The number of hydrogen-bond acceptors (Lipinski definition) is 4. The molecule has 1 aromatic carbocycles. The van der Waals surface area contributed by atoms with Gasteiger partial charge in [0.1, 0.15) is 12.7 Å². The average molecular weight is 298 g/mol. The van der Waals surface area contributed by atoms with Crippen LogP contribution in [0.2, 0.25) is 0 Å². The number of fused-ring (bicyclic) bond motifs is 1. The fourth-order valence-electron chi connectivity index (χ4n) is 2.48. The first-order chi connectivity index (χ1) is 10.8. The molecule has 22 heavy (non-hydrogen) atoms. The average Bonchev–Trinajstić information content (AvgIpc) is 2.59. The van der Waals surface area contributed by atoms with Gasteiger partial charge in [0.25, 0.3) is 5.91 Å². The summed E-state index contributed by atoms with van der Waals surface area (Å²) >= 11 is 0. The van der Waals surface area contributed by atoms with E-state index < -0.39 is 0 Å². The molecule has 2 heterocycles. The third-order valence-corrected chi connectivity index (χ3v) is 3.63. The largest absolute Gasteiger partial charge is 0.486 e. The van der Waals surface area contributed by atoms with Crippen molar-refractivity contribution in [1.29, 1.82) is 0 Å². The summed E-state index contributed by atoms with van der Waals surface area (Å²) in [5, 5.41) is 2.64. The van der Waals surface area contributed by atoms with Gasteiger partial charge in [0, 0.05) is 13.2 Å². The summed E-state index contributed by atoms with van der Waals surface area (Å²) in [6.07, 6.45) is 3.08. The van der Waals surface area contributed by atoms with Gasteiger partial charge >= 0.3 is 0 Å². The number of nitrogens with one attached hydrogen (secondary N) is 1. The summed E-state index contributed by atoms with van der Waals surface area (Å²) in [7, 11) is 1.62. The standard InChI is InChI=1S/C17H18N2O3/c1-18-17(20)13-5-4-10-19-14(13)9-8-12-11-21-15-6-2-3-7-16(15)22-12/h2-7,10,12H,8-9,11H2,1H3,(H,18,20)/t12-/m0/s1. The number of hydrogen-bond donors (Lipinski definition) is 1. The Labute approximate surface area is 129 Å². The Balaban J connectivity index is 1.66. The number of nitrogens with zero attached hydrogens (tertiary/aromatic N) is 1. The smallest absolute Gasteiger partial charge is 0.252 e. The third kappa shape index (κ3) is 3.03. The number of para-hydroxylation sites is 2. The monoisotopic (exact) mass is 298 g/mol. The van der Waals surface area contributed by atoms with Gasteiger partial charge in [-0.1, -0.05) is 12.1 Å². The molecule has 1 aliphatic heterocycles. The lowest BCUT2D eigenvalue weighted by atomic mass is 10.1. The van der Waals surface area contributed by atoms with Crippen LogP contribution in [0, 0.1) is 0 Å². The number of amides is 1. The lowest BCUT2D eigenvalue weighted by Crippen LogP contribution is -2.30. The molecule has 0 saturated carbocycles. The number of aryl methyl sites for hydroxylation is 1. The highest BCUT2D eigenvalue weighted by Gasteiger charge is 2.21. The summed E-state index contributed by atoms with van der Waals surface area (Å²) in [4.78, 5) is 16.2. The van der Waals surface area contributed by atoms with E-state index in [-0.39, 0.29) is 12.0 Å². The van der Waals surface area contributed by atoms with Gasteiger partial charge in [-0.15, -0.1) is 0 Å². The van der Waals surface area contributed by atoms with Gasteiger partial charge in [-0.2, -0.15) is 0 Å². The summed E-state index contributed by atoms with van der Waals surface area (Å²) in [5.41, 5.74) is 1.39. The highest BCUT2D eigenvalue weighted by molar-refractivity contribution is 5.94. The first-order valence-corrected chi connectivity index (χ1v) is 7.32. The Bertz CT molecular complexity index is 672. The number of carbonyl (C=O) groups is 1. The predicted molar refractivity (Wildman–Crippen MR) is 82.3 cm³/mol. The summed E-state index contributed by atoms with van der Waals surface area (Å²) < 4.78 is 11.6. The molecule has 5 heteroatoms. The van der Waals surface area contributed by atoms with E-state index in [4.69, 9.17) is 9.47 Å². The molecule has 5 nitrogen and oxygen atoms in total. The molecule has 0 radical (unpaired) electrons. The van der Waals surface area contributed by atoms with Crippen LogP contribution in [0.25, 0.3) is 0 Å². The van der Waals surface area contributed by atoms with E-state index in [1.807, 2.05) is 24.3 Å². The molecule has 1 atom stereocenters. The van der Waals surface area contributed by atoms with Crippen molar-refractivity contribution in [2.45, 2.75) is 18.9 Å². The second-order valence-electron chi connectivity index (χ2n) is 5.11. The zero-order valence-corrected chi connectivity index (χ0v) is 12.4. The van der Waals surface area contributed by atoms with Crippen LogP contribution in [-0.4, -0.2) is 30.6 Å². The highest BCUT2D eigenvalue weighted by Crippen LogP contribution is 2.31. The molecule has 0 aliphatic carbocycles. The summed E-state index contributed by atoms with van der Waals surface area (Å²) in [5.74, 6) is 1.43. The summed E-state index contributed by atoms with van der Waals surface area (Å²) in [6, 6.07) is 11.2. The molecule has 0 unspecified atom stereocenters. The Kier molecular flexibility index (Phi) is 4.23. The van der Waals surface area contributed by atoms with Crippen molar-refractivity contribution < 1.29 is 14.3 Å². The van der Waals surface area contributed by atoms with E-state index in [9.17, 15) is 4.79 Å². The zero-order valence-electron chi connectivity index (χ0n) is 12.4. The Hall–Kier alpha value is -2.56. The number of aromatic nitrogens is 1. The van der Waals surface area contributed by atoms with Gasteiger partial charge in [0.15, 0.2) is 11.5 Å². The first kappa shape index (κ1) is 14.4. The van der Waals surface area contributed by atoms with E-state index in [2.05, 4.69) is 10.3 Å². The normalized spacial score (nSPS) is 16.1. The van der Waals surface area contributed by atoms with Crippen LogP contribution in [0.3, 0.4) is 0 Å². The molecule has 0 bridgehead atoms. The van der Waals surface area contributed by atoms with Crippen molar-refractivity contribution in [3.8, 4) is 11.5 Å². The quantitative estimate of drug-likeness (QED) is 0.940. The van der Waals surface area contributed by atoms with Crippen LogP contribution >= 0.6 is 0 Å². The fourth-order valence-corrected chi connectivity index (χ4v) is 2.48. The SMILES string of the molecule is CNC(=O)c1cccnc1CC[C@H]1COc2ccccc2O1. The third-order valence-electron chi connectivity index (χ3n) is 3.63. The van der Waals surface area contributed by atoms with Crippen LogP contribution < -0.4 is 14.8 Å². The molecule has 1 aromatic heterocycles. The predicted octanol–water partition coefficient (Wildman–Crippen LogP) is 2.21. The first-order valence-electron chi connectivity index (χ1n) is 7.32. The maximum absolute atomic E-state index is 11.8. The second-order valence-corrected chi connectivity index (χ2v) is 5.11. The molecule has 1 aliphatic rings. The van der Waals surface area contributed by atoms with E-state index in [1.165, 1.54) is 0 Å². The van der Waals surface area contributed by atoms with Crippen LogP contribution in [0.15, 0.2) is 42.6 Å². The van der Waals surface area contributed by atoms with Gasteiger partial charge in [-0.3, -0.25) is 9.78 Å². The molecule has 1 amide bonds. The van der Waals surface area contributed by atoms with E-state index in [0.29, 0.717) is 18.6 Å². The van der Waals surface area contributed by atoms with E-state index in [0.717, 1.165) is 23.6 Å². The van der Waals surface area contributed by atoms with Crippen molar-refractivity contribution in [2.24, 2.45) is 0 Å². The van der Waals surface area contributed by atoms with Crippen LogP contribution in [0.4, 0.5) is 0 Å². The fraction of sp³-hybridized carbons (Fsp3) is 0.294. The molecular formula is C17H18N2O3. The molecular weight excluding hydrogens is 280 g/mol. The number of rotatable bonds is 4. The lowest BCUT2D eigenvalue weighted by molar-refractivity contribution is 0.0846. The number of pyridine rings is 1.